The Balaban J connectivity index is 2.41. The van der Waals surface area contributed by atoms with Gasteiger partial charge >= 0.3 is 0 Å². The summed E-state index contributed by atoms with van der Waals surface area (Å²) in [7, 11) is 0. The van der Waals surface area contributed by atoms with Crippen LogP contribution < -0.4 is 0 Å². The summed E-state index contributed by atoms with van der Waals surface area (Å²) in [5, 5.41) is 10.0. The molecule has 1 N–H and O–H groups in total. The molecule has 0 aromatic carbocycles. The number of rotatable bonds is 0. The first-order valence-corrected chi connectivity index (χ1v) is 5.24. The summed E-state index contributed by atoms with van der Waals surface area (Å²) in [5.41, 5.74) is 1.30. The Bertz CT molecular complexity index is 319. The van der Waals surface area contributed by atoms with E-state index in [4.69, 9.17) is 4.42 Å². The summed E-state index contributed by atoms with van der Waals surface area (Å²) >= 11 is 0. The van der Waals surface area contributed by atoms with Gasteiger partial charge in [0.2, 0.25) is 0 Å². The first-order chi connectivity index (χ1) is 6.50. The number of aryl methyl sites for hydroxylation is 1. The Labute approximate surface area is 84.9 Å². The molecule has 0 fully saturated rings. The fraction of sp³-hybridized carbons (Fsp3) is 0.667. The van der Waals surface area contributed by atoms with Gasteiger partial charge in [0, 0.05) is 12.3 Å². The second kappa shape index (κ2) is 3.13. The lowest BCUT2D eigenvalue weighted by molar-refractivity contribution is 0.0714. The van der Waals surface area contributed by atoms with E-state index in [0.717, 1.165) is 18.6 Å². The number of hydrogen-bond donors (Lipinski definition) is 1. The summed E-state index contributed by atoms with van der Waals surface area (Å²) in [5.74, 6) is 1.28. The normalized spacial score (nSPS) is 27.4. The van der Waals surface area contributed by atoms with Crippen molar-refractivity contribution in [1.82, 2.24) is 0 Å². The van der Waals surface area contributed by atoms with Crippen LogP contribution >= 0.6 is 0 Å². The van der Waals surface area contributed by atoms with Crippen molar-refractivity contribution in [2.24, 2.45) is 5.41 Å². The van der Waals surface area contributed by atoms with Gasteiger partial charge in [-0.05, 0) is 23.5 Å². The molecule has 78 valence electrons. The van der Waals surface area contributed by atoms with Crippen molar-refractivity contribution < 1.29 is 9.52 Å². The van der Waals surface area contributed by atoms with E-state index in [0.29, 0.717) is 0 Å². The van der Waals surface area contributed by atoms with Crippen molar-refractivity contribution in [3.8, 4) is 0 Å². The number of fused-ring (bicyclic) bond motifs is 1. The average Bonchev–Trinajstić information content (AvgIpc) is 2.48. The highest BCUT2D eigenvalue weighted by molar-refractivity contribution is 5.28. The lowest BCUT2D eigenvalue weighted by Crippen LogP contribution is -2.33. The van der Waals surface area contributed by atoms with E-state index in [1.165, 1.54) is 5.56 Å². The molecule has 0 saturated heterocycles. The van der Waals surface area contributed by atoms with Crippen LogP contribution in [-0.2, 0) is 6.42 Å². The Morgan fingerprint density at radius 2 is 2.14 bits per heavy atom. The van der Waals surface area contributed by atoms with Crippen molar-refractivity contribution in [1.29, 1.82) is 0 Å². The smallest absolute Gasteiger partial charge is 0.107 e. The Morgan fingerprint density at radius 3 is 2.79 bits per heavy atom. The molecule has 14 heavy (non-hydrogen) atoms. The lowest BCUT2D eigenvalue weighted by Gasteiger charge is -2.37. The van der Waals surface area contributed by atoms with E-state index in [1.807, 2.05) is 6.07 Å². The van der Waals surface area contributed by atoms with Gasteiger partial charge in [-0.15, -0.1) is 0 Å². The molecular formula is C12H18O2. The van der Waals surface area contributed by atoms with Gasteiger partial charge in [-0.3, -0.25) is 0 Å². The van der Waals surface area contributed by atoms with E-state index in [9.17, 15) is 5.11 Å². The van der Waals surface area contributed by atoms with Crippen molar-refractivity contribution >= 4 is 0 Å². The fourth-order valence-electron chi connectivity index (χ4n) is 2.53. The van der Waals surface area contributed by atoms with Crippen LogP contribution in [0.5, 0.6) is 0 Å². The van der Waals surface area contributed by atoms with Crippen molar-refractivity contribution in [3.63, 3.8) is 0 Å². The van der Waals surface area contributed by atoms with Crippen molar-refractivity contribution in [2.75, 3.05) is 0 Å². The zero-order valence-electron chi connectivity index (χ0n) is 9.08. The molecule has 1 aliphatic rings. The predicted molar refractivity (Wildman–Crippen MR) is 55.2 cm³/mol. The van der Waals surface area contributed by atoms with E-state index in [2.05, 4.69) is 20.8 Å². The van der Waals surface area contributed by atoms with Gasteiger partial charge in [0.05, 0.1) is 12.4 Å². The quantitative estimate of drug-likeness (QED) is 0.689. The van der Waals surface area contributed by atoms with Gasteiger partial charge in [-0.2, -0.15) is 0 Å². The van der Waals surface area contributed by atoms with Crippen LogP contribution in [-0.4, -0.2) is 11.2 Å². The maximum atomic E-state index is 10.0. The highest BCUT2D eigenvalue weighted by Crippen LogP contribution is 2.43. The minimum absolute atomic E-state index is 0.0957. The lowest BCUT2D eigenvalue weighted by atomic mass is 9.69. The van der Waals surface area contributed by atoms with Crippen LogP contribution in [0.4, 0.5) is 0 Å². The molecule has 1 heterocycles. The molecule has 1 aliphatic carbocycles. The van der Waals surface area contributed by atoms with Crippen LogP contribution in [0.25, 0.3) is 0 Å². The van der Waals surface area contributed by atoms with Gasteiger partial charge < -0.3 is 9.52 Å². The number of aliphatic hydroxyl groups excluding tert-OH is 1. The third-order valence-corrected chi connectivity index (χ3v) is 3.10. The molecule has 0 radical (unpaired) electrons. The second-order valence-corrected chi connectivity index (χ2v) is 5.25. The molecule has 1 aromatic heterocycles. The van der Waals surface area contributed by atoms with Crippen LogP contribution in [0.1, 0.15) is 44.4 Å². The molecule has 2 nitrogen and oxygen atoms in total. The van der Waals surface area contributed by atoms with Gasteiger partial charge in [-0.1, -0.05) is 20.8 Å². The monoisotopic (exact) mass is 194 g/mol. The third kappa shape index (κ3) is 1.48. The molecule has 0 saturated carbocycles. The molecule has 2 atom stereocenters. The van der Waals surface area contributed by atoms with Crippen LogP contribution in [0, 0.1) is 5.41 Å². The van der Waals surface area contributed by atoms with Crippen LogP contribution in [0.2, 0.25) is 0 Å². The summed E-state index contributed by atoms with van der Waals surface area (Å²) in [6, 6.07) is 2.01. The van der Waals surface area contributed by atoms with Gasteiger partial charge in [-0.25, -0.2) is 0 Å². The molecular weight excluding hydrogens is 176 g/mol. The van der Waals surface area contributed by atoms with E-state index in [-0.39, 0.29) is 17.4 Å². The van der Waals surface area contributed by atoms with E-state index < -0.39 is 0 Å². The van der Waals surface area contributed by atoms with Gasteiger partial charge in [0.25, 0.3) is 0 Å². The topological polar surface area (TPSA) is 33.4 Å². The molecule has 2 heteroatoms. The number of hydrogen-bond acceptors (Lipinski definition) is 2. The van der Waals surface area contributed by atoms with Crippen LogP contribution in [0.3, 0.4) is 0 Å². The zero-order chi connectivity index (χ0) is 10.3. The maximum Gasteiger partial charge on any atom is 0.107 e. The van der Waals surface area contributed by atoms with Crippen molar-refractivity contribution in [3.05, 3.63) is 23.7 Å². The molecule has 2 unspecified atom stereocenters. The predicted octanol–water partition coefficient (Wildman–Crippen LogP) is 2.72. The Morgan fingerprint density at radius 1 is 1.43 bits per heavy atom. The second-order valence-electron chi connectivity index (χ2n) is 5.25. The first-order valence-electron chi connectivity index (χ1n) is 5.24. The fourth-order valence-corrected chi connectivity index (χ4v) is 2.53. The standard InChI is InChI=1S/C12H18O2/c1-12(2,3)11-8-6-7-14-10(8)5-4-9(11)13/h6-7,9,11,13H,4-5H2,1-3H3. The molecule has 2 rings (SSSR count). The first kappa shape index (κ1) is 9.78. The molecule has 0 amide bonds. The summed E-state index contributed by atoms with van der Waals surface area (Å²) < 4.78 is 5.42. The third-order valence-electron chi connectivity index (χ3n) is 3.10. The highest BCUT2D eigenvalue weighted by Gasteiger charge is 2.37. The SMILES string of the molecule is CC(C)(C)C1c2ccoc2CCC1O. The minimum Gasteiger partial charge on any atom is -0.469 e. The molecule has 0 aliphatic heterocycles. The average molecular weight is 194 g/mol. The number of aliphatic hydroxyl groups is 1. The highest BCUT2D eigenvalue weighted by atomic mass is 16.3. The van der Waals surface area contributed by atoms with E-state index in [1.54, 1.807) is 6.26 Å². The molecule has 0 spiro atoms. The Hall–Kier alpha value is -0.760. The summed E-state index contributed by atoms with van der Waals surface area (Å²) in [6.07, 6.45) is 3.21. The molecule has 1 aromatic rings. The summed E-state index contributed by atoms with van der Waals surface area (Å²) in [4.78, 5) is 0. The zero-order valence-corrected chi connectivity index (χ0v) is 9.08. The number of furan rings is 1. The van der Waals surface area contributed by atoms with Crippen molar-refractivity contribution in [2.45, 2.75) is 45.6 Å². The summed E-state index contributed by atoms with van der Waals surface area (Å²) in [6.45, 7) is 6.51. The van der Waals surface area contributed by atoms with Gasteiger partial charge in [0.1, 0.15) is 5.76 Å². The van der Waals surface area contributed by atoms with Crippen LogP contribution in [0.15, 0.2) is 16.7 Å². The largest absolute Gasteiger partial charge is 0.469 e. The van der Waals surface area contributed by atoms with E-state index >= 15 is 0 Å². The molecule has 0 bridgehead atoms. The Kier molecular flexibility index (Phi) is 2.18. The van der Waals surface area contributed by atoms with Gasteiger partial charge in [0.15, 0.2) is 0 Å². The maximum absolute atomic E-state index is 10.0. The minimum atomic E-state index is -0.222.